The molecule has 1 aliphatic rings. The van der Waals surface area contributed by atoms with Crippen molar-refractivity contribution < 1.29 is 0 Å². The topological polar surface area (TPSA) is 0 Å². The second kappa shape index (κ2) is 2.86. The maximum absolute atomic E-state index is 2.18. The molecule has 0 unspecified atom stereocenters. The van der Waals surface area contributed by atoms with E-state index in [-0.39, 0.29) is 11.0 Å². The van der Waals surface area contributed by atoms with Crippen LogP contribution in [0.4, 0.5) is 0 Å². The highest BCUT2D eigenvalue weighted by Gasteiger charge is 2.19. The second-order valence-electron chi connectivity index (χ2n) is 3.09. The van der Waals surface area contributed by atoms with Gasteiger partial charge in [-0.15, -0.1) is 0 Å². The van der Waals surface area contributed by atoms with Gasteiger partial charge in [0.25, 0.3) is 0 Å². The standard InChI is InChI=1S/C12H8.Si/c1-2-6-10-9(5-1)11-7-3-4-8-12(10)11;/h1-8H;. The first kappa shape index (κ1) is 8.26. The highest BCUT2D eigenvalue weighted by atomic mass is 28.1. The zero-order valence-corrected chi connectivity index (χ0v) is 8.12. The molecule has 0 spiro atoms. The summed E-state index contributed by atoms with van der Waals surface area (Å²) in [5.74, 6) is 0. The van der Waals surface area contributed by atoms with Crippen molar-refractivity contribution in [2.75, 3.05) is 0 Å². The minimum atomic E-state index is 0. The molecule has 4 radical (unpaired) electrons. The van der Waals surface area contributed by atoms with Crippen molar-refractivity contribution in [2.45, 2.75) is 0 Å². The minimum absolute atomic E-state index is 0. The van der Waals surface area contributed by atoms with Crippen molar-refractivity contribution in [3.05, 3.63) is 48.5 Å². The Kier molecular flexibility index (Phi) is 1.81. The Morgan fingerprint density at radius 3 is 0.923 bits per heavy atom. The normalized spacial score (nSPS) is 10.5. The lowest BCUT2D eigenvalue weighted by molar-refractivity contribution is 1.52. The van der Waals surface area contributed by atoms with Crippen LogP contribution in [-0.4, -0.2) is 11.0 Å². The fraction of sp³-hybridized carbons (Fsp3) is 0. The zero-order valence-electron chi connectivity index (χ0n) is 7.12. The largest absolute Gasteiger partial charge is 0.0616 e. The Morgan fingerprint density at radius 2 is 0.692 bits per heavy atom. The first-order chi connectivity index (χ1) is 5.97. The van der Waals surface area contributed by atoms with E-state index in [0.29, 0.717) is 0 Å². The van der Waals surface area contributed by atoms with Gasteiger partial charge in [-0.3, -0.25) is 0 Å². The molecule has 2 aromatic carbocycles. The molecule has 0 nitrogen and oxygen atoms in total. The van der Waals surface area contributed by atoms with E-state index >= 15 is 0 Å². The summed E-state index contributed by atoms with van der Waals surface area (Å²) in [5, 5.41) is 0. The van der Waals surface area contributed by atoms with Crippen LogP contribution in [0.3, 0.4) is 0 Å². The van der Waals surface area contributed by atoms with E-state index < -0.39 is 0 Å². The summed E-state index contributed by atoms with van der Waals surface area (Å²) in [5.41, 5.74) is 5.59. The number of fused-ring (bicyclic) bond motifs is 4. The quantitative estimate of drug-likeness (QED) is 0.467. The third kappa shape index (κ3) is 0.973. The summed E-state index contributed by atoms with van der Waals surface area (Å²) in [6, 6.07) is 17.1. The van der Waals surface area contributed by atoms with Gasteiger partial charge in [-0.25, -0.2) is 0 Å². The molecule has 60 valence electrons. The van der Waals surface area contributed by atoms with Crippen molar-refractivity contribution in [3.8, 4) is 22.3 Å². The van der Waals surface area contributed by atoms with Crippen molar-refractivity contribution in [3.63, 3.8) is 0 Å². The minimum Gasteiger partial charge on any atom is -0.0616 e. The molecule has 0 atom stereocenters. The number of rotatable bonds is 0. The molecular weight excluding hydrogens is 172 g/mol. The van der Waals surface area contributed by atoms with Crippen molar-refractivity contribution in [1.82, 2.24) is 0 Å². The molecule has 0 fully saturated rings. The molecule has 0 aromatic heterocycles. The first-order valence-corrected chi connectivity index (χ1v) is 4.15. The Balaban J connectivity index is 0.000000653. The molecule has 0 saturated carbocycles. The predicted molar refractivity (Wildman–Crippen MR) is 56.6 cm³/mol. The van der Waals surface area contributed by atoms with E-state index in [1.165, 1.54) is 22.3 Å². The molecule has 0 bridgehead atoms. The average molecular weight is 180 g/mol. The summed E-state index contributed by atoms with van der Waals surface area (Å²) >= 11 is 0. The maximum Gasteiger partial charge on any atom is 0 e. The van der Waals surface area contributed by atoms with Crippen LogP contribution in [0.5, 0.6) is 0 Å². The smallest absolute Gasteiger partial charge is 0 e. The highest BCUT2D eigenvalue weighted by Crippen LogP contribution is 2.46. The Hall–Kier alpha value is -1.34. The summed E-state index contributed by atoms with van der Waals surface area (Å²) < 4.78 is 0. The van der Waals surface area contributed by atoms with Gasteiger partial charge >= 0.3 is 0 Å². The number of hydrogen-bond donors (Lipinski definition) is 0. The molecular formula is C12H8Si. The van der Waals surface area contributed by atoms with Gasteiger partial charge in [0, 0.05) is 11.0 Å². The third-order valence-corrected chi connectivity index (χ3v) is 2.43. The lowest BCUT2D eigenvalue weighted by Crippen LogP contribution is -1.96. The Bertz CT molecular complexity index is 346. The molecule has 1 heteroatoms. The summed E-state index contributed by atoms with van der Waals surface area (Å²) in [7, 11) is 0. The Labute approximate surface area is 82.3 Å². The van der Waals surface area contributed by atoms with Gasteiger partial charge in [0.1, 0.15) is 0 Å². The van der Waals surface area contributed by atoms with Crippen LogP contribution in [0.25, 0.3) is 22.3 Å². The molecule has 1 aliphatic carbocycles. The van der Waals surface area contributed by atoms with Gasteiger partial charge in [-0.05, 0) is 22.3 Å². The van der Waals surface area contributed by atoms with Crippen LogP contribution in [0.2, 0.25) is 0 Å². The molecule has 0 saturated heterocycles. The van der Waals surface area contributed by atoms with Gasteiger partial charge < -0.3 is 0 Å². The second-order valence-corrected chi connectivity index (χ2v) is 3.09. The van der Waals surface area contributed by atoms with Crippen LogP contribution in [-0.2, 0) is 0 Å². The van der Waals surface area contributed by atoms with Gasteiger partial charge in [0.15, 0.2) is 0 Å². The summed E-state index contributed by atoms with van der Waals surface area (Å²) in [6.07, 6.45) is 0. The molecule has 13 heavy (non-hydrogen) atoms. The van der Waals surface area contributed by atoms with Crippen molar-refractivity contribution in [2.24, 2.45) is 0 Å². The molecule has 3 rings (SSSR count). The predicted octanol–water partition coefficient (Wildman–Crippen LogP) is 2.95. The first-order valence-electron chi connectivity index (χ1n) is 4.15. The third-order valence-electron chi connectivity index (χ3n) is 2.43. The lowest BCUT2D eigenvalue weighted by Gasteiger charge is -2.22. The summed E-state index contributed by atoms with van der Waals surface area (Å²) in [4.78, 5) is 0. The van der Waals surface area contributed by atoms with E-state index in [2.05, 4.69) is 48.5 Å². The molecule has 0 heterocycles. The molecule has 2 aromatic rings. The van der Waals surface area contributed by atoms with Crippen molar-refractivity contribution >= 4 is 11.0 Å². The van der Waals surface area contributed by atoms with Gasteiger partial charge in [-0.2, -0.15) is 0 Å². The number of benzene rings is 2. The highest BCUT2D eigenvalue weighted by molar-refractivity contribution is 6.02. The SMILES string of the molecule is [Si].c1ccc2c(c1)-c1ccccc1-2. The molecule has 0 amide bonds. The van der Waals surface area contributed by atoms with E-state index in [9.17, 15) is 0 Å². The van der Waals surface area contributed by atoms with Gasteiger partial charge in [0.05, 0.1) is 0 Å². The van der Waals surface area contributed by atoms with Crippen LogP contribution in [0, 0.1) is 0 Å². The van der Waals surface area contributed by atoms with Gasteiger partial charge in [0.2, 0.25) is 0 Å². The maximum atomic E-state index is 2.18. The zero-order chi connectivity index (χ0) is 7.97. The van der Waals surface area contributed by atoms with E-state index in [4.69, 9.17) is 0 Å². The fourth-order valence-electron chi connectivity index (χ4n) is 1.84. The summed E-state index contributed by atoms with van der Waals surface area (Å²) in [6.45, 7) is 0. The number of hydrogen-bond acceptors (Lipinski definition) is 0. The van der Waals surface area contributed by atoms with Crippen LogP contribution < -0.4 is 0 Å². The monoisotopic (exact) mass is 180 g/mol. The van der Waals surface area contributed by atoms with E-state index in [1.54, 1.807) is 0 Å². The average Bonchev–Trinajstić information content (AvgIpc) is 2.14. The van der Waals surface area contributed by atoms with Gasteiger partial charge in [-0.1, -0.05) is 48.5 Å². The van der Waals surface area contributed by atoms with Crippen LogP contribution in [0.15, 0.2) is 48.5 Å². The van der Waals surface area contributed by atoms with Crippen LogP contribution in [0.1, 0.15) is 0 Å². The Morgan fingerprint density at radius 1 is 0.462 bits per heavy atom. The lowest BCUT2D eigenvalue weighted by atomic mass is 9.81. The van der Waals surface area contributed by atoms with E-state index in [0.717, 1.165) is 0 Å². The van der Waals surface area contributed by atoms with Crippen LogP contribution >= 0.6 is 0 Å². The molecule has 0 N–H and O–H groups in total. The fourth-order valence-corrected chi connectivity index (χ4v) is 1.84. The van der Waals surface area contributed by atoms with Crippen molar-refractivity contribution in [1.29, 1.82) is 0 Å². The van der Waals surface area contributed by atoms with E-state index in [1.807, 2.05) is 0 Å². The molecule has 0 aliphatic heterocycles.